The molecule has 0 bridgehead atoms. The Hall–Kier alpha value is -3.22. The summed E-state index contributed by atoms with van der Waals surface area (Å²) in [6.45, 7) is 6.50. The summed E-state index contributed by atoms with van der Waals surface area (Å²) in [5.41, 5.74) is 2.08. The molecular formula is C25H34N2O5. The lowest BCUT2D eigenvalue weighted by Gasteiger charge is -2.29. The van der Waals surface area contributed by atoms with E-state index in [9.17, 15) is 9.59 Å². The first-order valence-corrected chi connectivity index (χ1v) is 10.9. The van der Waals surface area contributed by atoms with Crippen LogP contribution in [0.2, 0.25) is 0 Å². The van der Waals surface area contributed by atoms with Crippen LogP contribution in [-0.4, -0.2) is 50.1 Å². The smallest absolute Gasteiger partial charge is 0.261 e. The zero-order chi connectivity index (χ0) is 23.5. The molecule has 0 aliphatic rings. The van der Waals surface area contributed by atoms with Crippen molar-refractivity contribution < 1.29 is 23.8 Å². The quantitative estimate of drug-likeness (QED) is 0.507. The Morgan fingerprint density at radius 3 is 2.16 bits per heavy atom. The highest BCUT2D eigenvalue weighted by atomic mass is 16.5. The first-order valence-electron chi connectivity index (χ1n) is 10.9. The van der Waals surface area contributed by atoms with E-state index in [1.807, 2.05) is 31.2 Å². The van der Waals surface area contributed by atoms with Gasteiger partial charge in [-0.25, -0.2) is 0 Å². The van der Waals surface area contributed by atoms with E-state index in [-0.39, 0.29) is 18.4 Å². The Morgan fingerprint density at radius 2 is 1.59 bits per heavy atom. The number of nitrogens with one attached hydrogen (secondary N) is 1. The van der Waals surface area contributed by atoms with Crippen molar-refractivity contribution in [1.82, 2.24) is 10.2 Å². The van der Waals surface area contributed by atoms with Gasteiger partial charge < -0.3 is 24.4 Å². The van der Waals surface area contributed by atoms with Crippen LogP contribution in [0.1, 0.15) is 37.8 Å². The highest BCUT2D eigenvalue weighted by Gasteiger charge is 2.26. The van der Waals surface area contributed by atoms with Crippen LogP contribution in [-0.2, 0) is 16.1 Å². The molecule has 0 aliphatic carbocycles. The van der Waals surface area contributed by atoms with Crippen molar-refractivity contribution in [3.63, 3.8) is 0 Å². The van der Waals surface area contributed by atoms with Crippen LogP contribution in [0.25, 0.3) is 0 Å². The van der Waals surface area contributed by atoms with E-state index in [2.05, 4.69) is 12.2 Å². The predicted octanol–water partition coefficient (Wildman–Crippen LogP) is 3.72. The van der Waals surface area contributed by atoms with E-state index in [0.717, 1.165) is 24.0 Å². The predicted molar refractivity (Wildman–Crippen MR) is 124 cm³/mol. The van der Waals surface area contributed by atoms with Crippen LogP contribution >= 0.6 is 0 Å². The Labute approximate surface area is 190 Å². The molecule has 0 heterocycles. The lowest BCUT2D eigenvalue weighted by atomic mass is 10.1. The topological polar surface area (TPSA) is 77.1 Å². The standard InChI is InChI=1S/C25H34N2O5/c1-6-7-12-26-25(29)19(3)27(16-20-10-8-18(2)9-11-20)24(28)17-32-23-14-21(30-4)13-22(15-23)31-5/h8-11,13-15,19H,6-7,12,16-17H2,1-5H3,(H,26,29)/t19-/m0/s1. The van der Waals surface area contributed by atoms with Gasteiger partial charge in [-0.3, -0.25) is 9.59 Å². The van der Waals surface area contributed by atoms with Crippen LogP contribution in [0.5, 0.6) is 17.2 Å². The van der Waals surface area contributed by atoms with Gasteiger partial charge in [0.05, 0.1) is 14.2 Å². The summed E-state index contributed by atoms with van der Waals surface area (Å²) >= 11 is 0. The number of benzene rings is 2. The molecule has 7 heteroatoms. The summed E-state index contributed by atoms with van der Waals surface area (Å²) in [7, 11) is 3.09. The molecule has 0 aliphatic heterocycles. The molecule has 0 fully saturated rings. The third-order valence-corrected chi connectivity index (χ3v) is 5.16. The van der Waals surface area contributed by atoms with Crippen molar-refractivity contribution in [3.05, 3.63) is 53.6 Å². The van der Waals surface area contributed by atoms with Crippen LogP contribution < -0.4 is 19.5 Å². The van der Waals surface area contributed by atoms with Crippen LogP contribution in [0.3, 0.4) is 0 Å². The average molecular weight is 443 g/mol. The van der Waals surface area contributed by atoms with Crippen LogP contribution in [0.4, 0.5) is 0 Å². The van der Waals surface area contributed by atoms with E-state index >= 15 is 0 Å². The van der Waals surface area contributed by atoms with E-state index in [4.69, 9.17) is 14.2 Å². The third-order valence-electron chi connectivity index (χ3n) is 5.16. The van der Waals surface area contributed by atoms with Crippen molar-refractivity contribution in [2.24, 2.45) is 0 Å². The molecule has 0 unspecified atom stereocenters. The van der Waals surface area contributed by atoms with Crippen molar-refractivity contribution in [3.8, 4) is 17.2 Å². The summed E-state index contributed by atoms with van der Waals surface area (Å²) in [6.07, 6.45) is 1.88. The average Bonchev–Trinajstić information content (AvgIpc) is 2.81. The van der Waals surface area contributed by atoms with Gasteiger partial charge >= 0.3 is 0 Å². The second-order valence-electron chi connectivity index (χ2n) is 7.66. The lowest BCUT2D eigenvalue weighted by Crippen LogP contribution is -2.49. The Bertz CT molecular complexity index is 860. The number of aryl methyl sites for hydroxylation is 1. The SMILES string of the molecule is CCCCNC(=O)[C@H](C)N(Cc1ccc(C)cc1)C(=O)COc1cc(OC)cc(OC)c1. The number of amides is 2. The van der Waals surface area contributed by atoms with Gasteiger partial charge in [0.2, 0.25) is 5.91 Å². The Morgan fingerprint density at radius 1 is 1.00 bits per heavy atom. The second kappa shape index (κ2) is 12.6. The fourth-order valence-corrected chi connectivity index (χ4v) is 3.10. The monoisotopic (exact) mass is 442 g/mol. The minimum absolute atomic E-state index is 0.179. The molecule has 2 rings (SSSR count). The zero-order valence-electron chi connectivity index (χ0n) is 19.6. The van der Waals surface area contributed by atoms with E-state index in [1.54, 1.807) is 44.2 Å². The summed E-state index contributed by atoms with van der Waals surface area (Å²) < 4.78 is 16.2. The number of rotatable bonds is 12. The molecule has 0 saturated carbocycles. The molecule has 1 N–H and O–H groups in total. The van der Waals surface area contributed by atoms with Gasteiger partial charge in [0.15, 0.2) is 6.61 Å². The minimum Gasteiger partial charge on any atom is -0.496 e. The fraction of sp³-hybridized carbons (Fsp3) is 0.440. The fourth-order valence-electron chi connectivity index (χ4n) is 3.10. The zero-order valence-corrected chi connectivity index (χ0v) is 19.6. The van der Waals surface area contributed by atoms with Gasteiger partial charge in [-0.2, -0.15) is 0 Å². The summed E-state index contributed by atoms with van der Waals surface area (Å²) in [4.78, 5) is 27.3. The molecule has 2 aromatic rings. The molecular weight excluding hydrogens is 408 g/mol. The van der Waals surface area contributed by atoms with Gasteiger partial charge in [0.25, 0.3) is 5.91 Å². The van der Waals surface area contributed by atoms with E-state index < -0.39 is 6.04 Å². The number of ether oxygens (including phenoxy) is 3. The molecule has 7 nitrogen and oxygen atoms in total. The first-order chi connectivity index (χ1) is 15.4. The highest BCUT2D eigenvalue weighted by Crippen LogP contribution is 2.27. The molecule has 2 amide bonds. The molecule has 174 valence electrons. The Balaban J connectivity index is 2.15. The largest absolute Gasteiger partial charge is 0.496 e. The molecule has 0 saturated heterocycles. The van der Waals surface area contributed by atoms with Gasteiger partial charge in [-0.1, -0.05) is 43.2 Å². The van der Waals surface area contributed by atoms with Gasteiger partial charge in [0, 0.05) is 31.3 Å². The third kappa shape index (κ3) is 7.48. The maximum Gasteiger partial charge on any atom is 0.261 e. The lowest BCUT2D eigenvalue weighted by molar-refractivity contribution is -0.142. The number of hydrogen-bond donors (Lipinski definition) is 1. The van der Waals surface area contributed by atoms with Gasteiger partial charge in [0.1, 0.15) is 23.3 Å². The number of hydrogen-bond acceptors (Lipinski definition) is 5. The normalized spacial score (nSPS) is 11.4. The summed E-state index contributed by atoms with van der Waals surface area (Å²) in [5.74, 6) is 1.11. The van der Waals surface area contributed by atoms with Gasteiger partial charge in [-0.15, -0.1) is 0 Å². The summed E-state index contributed by atoms with van der Waals surface area (Å²) in [6, 6.07) is 12.4. The summed E-state index contributed by atoms with van der Waals surface area (Å²) in [5, 5.41) is 2.91. The van der Waals surface area contributed by atoms with Gasteiger partial charge in [-0.05, 0) is 25.8 Å². The number of methoxy groups -OCH3 is 2. The maximum atomic E-state index is 13.1. The van der Waals surface area contributed by atoms with E-state index in [0.29, 0.717) is 30.3 Å². The van der Waals surface area contributed by atoms with Crippen molar-refractivity contribution in [1.29, 1.82) is 0 Å². The number of unbranched alkanes of at least 4 members (excludes halogenated alkanes) is 1. The molecule has 2 aromatic carbocycles. The van der Waals surface area contributed by atoms with Crippen LogP contribution in [0, 0.1) is 6.92 Å². The molecule has 0 spiro atoms. The van der Waals surface area contributed by atoms with Crippen molar-refractivity contribution in [2.75, 3.05) is 27.4 Å². The highest BCUT2D eigenvalue weighted by molar-refractivity contribution is 5.87. The molecule has 0 aromatic heterocycles. The number of nitrogens with zero attached hydrogens (tertiary/aromatic N) is 1. The van der Waals surface area contributed by atoms with E-state index in [1.165, 1.54) is 0 Å². The molecule has 32 heavy (non-hydrogen) atoms. The molecule has 0 radical (unpaired) electrons. The van der Waals surface area contributed by atoms with Crippen molar-refractivity contribution >= 4 is 11.8 Å². The number of carbonyl (C=O) groups excluding carboxylic acids is 2. The van der Waals surface area contributed by atoms with Crippen LogP contribution in [0.15, 0.2) is 42.5 Å². The van der Waals surface area contributed by atoms with Crippen molar-refractivity contribution in [2.45, 2.75) is 46.2 Å². The Kier molecular flexibility index (Phi) is 9.85. The minimum atomic E-state index is -0.635. The number of carbonyl (C=O) groups is 2. The maximum absolute atomic E-state index is 13.1. The second-order valence-corrected chi connectivity index (χ2v) is 7.66. The first kappa shape index (κ1) is 25.0. The molecule has 1 atom stereocenters.